The third-order valence-corrected chi connectivity index (χ3v) is 4.90. The van der Waals surface area contributed by atoms with Crippen molar-refractivity contribution in [2.24, 2.45) is 7.05 Å². The molecule has 4 aromatic rings. The molecule has 152 valence electrons. The molecule has 30 heavy (non-hydrogen) atoms. The number of hydrogen-bond acceptors (Lipinski definition) is 4. The van der Waals surface area contributed by atoms with Crippen molar-refractivity contribution < 1.29 is 13.6 Å². The van der Waals surface area contributed by atoms with Gasteiger partial charge in [-0.1, -0.05) is 12.1 Å². The smallest absolute Gasteiger partial charge is 0.275 e. The van der Waals surface area contributed by atoms with Crippen LogP contribution in [0, 0.1) is 11.6 Å². The molecule has 9 heteroatoms. The number of aromatic nitrogens is 4. The maximum atomic E-state index is 13.9. The second-order valence-corrected chi connectivity index (χ2v) is 6.80. The summed E-state index contributed by atoms with van der Waals surface area (Å²) in [7, 11) is 1.83. The summed E-state index contributed by atoms with van der Waals surface area (Å²) in [6, 6.07) is 10.1. The molecule has 7 nitrogen and oxygen atoms in total. The fourth-order valence-corrected chi connectivity index (χ4v) is 3.19. The zero-order valence-corrected chi connectivity index (χ0v) is 16.1. The quantitative estimate of drug-likeness (QED) is 0.561. The van der Waals surface area contributed by atoms with E-state index in [4.69, 9.17) is 0 Å². The lowest BCUT2D eigenvalue weighted by molar-refractivity contribution is -0.119. The molecule has 0 saturated carbocycles. The first-order valence-electron chi connectivity index (χ1n) is 9.11. The van der Waals surface area contributed by atoms with Crippen molar-refractivity contribution in [3.8, 4) is 11.3 Å². The van der Waals surface area contributed by atoms with Crippen LogP contribution in [-0.4, -0.2) is 25.5 Å². The molecule has 0 spiro atoms. The molecule has 2 aromatic heterocycles. The van der Waals surface area contributed by atoms with E-state index in [2.05, 4.69) is 15.5 Å². The fourth-order valence-electron chi connectivity index (χ4n) is 3.19. The van der Waals surface area contributed by atoms with E-state index in [1.807, 2.05) is 25.2 Å². The third kappa shape index (κ3) is 3.34. The van der Waals surface area contributed by atoms with Crippen LogP contribution in [0.4, 0.5) is 14.5 Å². The number of carbonyl (C=O) groups excluding carboxylic acids is 1. The summed E-state index contributed by atoms with van der Waals surface area (Å²) in [5.41, 5.74) is 1.72. The maximum absolute atomic E-state index is 13.9. The molecule has 0 aliphatic heterocycles. The minimum Gasteiger partial charge on any atom is -0.324 e. The van der Waals surface area contributed by atoms with Gasteiger partial charge < -0.3 is 5.32 Å². The number of benzene rings is 2. The second kappa shape index (κ2) is 7.51. The van der Waals surface area contributed by atoms with Crippen molar-refractivity contribution in [1.29, 1.82) is 0 Å². The minimum atomic E-state index is -1.14. The Morgan fingerprint density at radius 3 is 2.43 bits per heavy atom. The predicted molar refractivity (Wildman–Crippen MR) is 108 cm³/mol. The molecule has 2 aromatic carbocycles. The Morgan fingerprint density at radius 1 is 1.03 bits per heavy atom. The van der Waals surface area contributed by atoms with Gasteiger partial charge in [-0.25, -0.2) is 13.5 Å². The second-order valence-electron chi connectivity index (χ2n) is 6.80. The largest absolute Gasteiger partial charge is 0.324 e. The first-order valence-corrected chi connectivity index (χ1v) is 9.11. The van der Waals surface area contributed by atoms with E-state index < -0.39 is 29.1 Å². The zero-order valence-electron chi connectivity index (χ0n) is 16.1. The molecule has 1 atom stereocenters. The molecule has 0 radical (unpaired) electrons. The van der Waals surface area contributed by atoms with Crippen LogP contribution < -0.4 is 10.9 Å². The van der Waals surface area contributed by atoms with Crippen LogP contribution in [0.15, 0.2) is 59.7 Å². The summed E-state index contributed by atoms with van der Waals surface area (Å²) in [6.07, 6.45) is 2.74. The number of aryl methyl sites for hydroxylation is 1. The molecular weight excluding hydrogens is 392 g/mol. The van der Waals surface area contributed by atoms with Crippen LogP contribution in [0.2, 0.25) is 0 Å². The summed E-state index contributed by atoms with van der Waals surface area (Å²) in [5, 5.41) is 10.4. The van der Waals surface area contributed by atoms with E-state index in [0.717, 1.165) is 28.2 Å². The monoisotopic (exact) mass is 409 g/mol. The molecule has 0 aliphatic rings. The number of nitrogens with zero attached hydrogens (tertiary/aromatic N) is 4. The lowest BCUT2D eigenvalue weighted by atomic mass is 10.1. The maximum Gasteiger partial charge on any atom is 0.275 e. The van der Waals surface area contributed by atoms with Crippen molar-refractivity contribution in [3.63, 3.8) is 0 Å². The van der Waals surface area contributed by atoms with Crippen molar-refractivity contribution in [2.75, 3.05) is 5.32 Å². The van der Waals surface area contributed by atoms with E-state index in [1.54, 1.807) is 23.0 Å². The average molecular weight is 409 g/mol. The molecule has 2 heterocycles. The van der Waals surface area contributed by atoms with Gasteiger partial charge in [0.05, 0.1) is 17.3 Å². The Bertz CT molecular complexity index is 1310. The highest BCUT2D eigenvalue weighted by Gasteiger charge is 2.20. The number of amides is 1. The van der Waals surface area contributed by atoms with Crippen LogP contribution in [0.25, 0.3) is 22.0 Å². The van der Waals surface area contributed by atoms with E-state index in [-0.39, 0.29) is 10.8 Å². The predicted octanol–water partition coefficient (Wildman–Crippen LogP) is 3.27. The van der Waals surface area contributed by atoms with Gasteiger partial charge in [-0.2, -0.15) is 10.2 Å². The molecule has 0 saturated heterocycles. The Kier molecular flexibility index (Phi) is 4.86. The normalized spacial score (nSPS) is 12.1. The average Bonchev–Trinajstić information content (AvgIpc) is 3.17. The zero-order chi connectivity index (χ0) is 21.4. The first-order chi connectivity index (χ1) is 14.4. The lowest BCUT2D eigenvalue weighted by Crippen LogP contribution is -2.33. The van der Waals surface area contributed by atoms with Gasteiger partial charge >= 0.3 is 0 Å². The summed E-state index contributed by atoms with van der Waals surface area (Å²) in [5.74, 6) is -2.68. The number of halogens is 2. The van der Waals surface area contributed by atoms with Crippen LogP contribution >= 0.6 is 0 Å². The molecule has 1 N–H and O–H groups in total. The molecule has 0 fully saturated rings. The van der Waals surface area contributed by atoms with Gasteiger partial charge in [0.25, 0.3) is 5.56 Å². The number of rotatable bonds is 4. The fraction of sp³-hybridized carbons (Fsp3) is 0.143. The van der Waals surface area contributed by atoms with Gasteiger partial charge in [0.2, 0.25) is 5.91 Å². The summed E-state index contributed by atoms with van der Waals surface area (Å²) in [4.78, 5) is 25.3. The highest BCUT2D eigenvalue weighted by Crippen LogP contribution is 2.21. The number of hydrogen-bond donors (Lipinski definition) is 1. The molecule has 1 amide bonds. The van der Waals surface area contributed by atoms with Crippen LogP contribution in [0.3, 0.4) is 0 Å². The molecule has 0 bridgehead atoms. The third-order valence-electron chi connectivity index (χ3n) is 4.90. The molecule has 0 aliphatic carbocycles. The standard InChI is InChI=1S/C21H17F2N5O2/c1-12(28-21(30)15-7-8-17(22)19(23)16(15)11-25-28)20(29)26-14-5-3-13(4-6-14)18-9-10-24-27(18)2/h3-12H,1-2H3,(H,26,29)/t12-/m1/s1. The van der Waals surface area contributed by atoms with Crippen LogP contribution in [0.5, 0.6) is 0 Å². The number of nitrogens with one attached hydrogen (secondary N) is 1. The van der Waals surface area contributed by atoms with Gasteiger partial charge in [0, 0.05) is 24.3 Å². The highest BCUT2D eigenvalue weighted by atomic mass is 19.2. The molecule has 4 rings (SSSR count). The highest BCUT2D eigenvalue weighted by molar-refractivity contribution is 5.94. The Labute approximate surface area is 169 Å². The van der Waals surface area contributed by atoms with E-state index in [0.29, 0.717) is 5.69 Å². The van der Waals surface area contributed by atoms with Crippen molar-refractivity contribution in [2.45, 2.75) is 13.0 Å². The topological polar surface area (TPSA) is 81.8 Å². The van der Waals surface area contributed by atoms with Crippen molar-refractivity contribution in [3.05, 3.63) is 76.8 Å². The lowest BCUT2D eigenvalue weighted by Gasteiger charge is -2.15. The van der Waals surface area contributed by atoms with Gasteiger partial charge in [-0.15, -0.1) is 0 Å². The summed E-state index contributed by atoms with van der Waals surface area (Å²) in [6.45, 7) is 1.50. The Morgan fingerprint density at radius 2 is 1.77 bits per heavy atom. The summed E-state index contributed by atoms with van der Waals surface area (Å²) >= 11 is 0. The SMILES string of the molecule is C[C@H](C(=O)Nc1ccc(-c2ccnn2C)cc1)n1ncc2c(F)c(F)ccc2c1=O. The number of carbonyl (C=O) groups is 1. The number of fused-ring (bicyclic) bond motifs is 1. The van der Waals surface area contributed by atoms with Gasteiger partial charge in [-0.05, 0) is 42.8 Å². The van der Waals surface area contributed by atoms with E-state index in [9.17, 15) is 18.4 Å². The molecule has 0 unspecified atom stereocenters. The number of anilines is 1. The van der Waals surface area contributed by atoms with Crippen molar-refractivity contribution in [1.82, 2.24) is 19.6 Å². The van der Waals surface area contributed by atoms with Gasteiger partial charge in [0.15, 0.2) is 11.6 Å². The van der Waals surface area contributed by atoms with E-state index >= 15 is 0 Å². The van der Waals surface area contributed by atoms with E-state index in [1.165, 1.54) is 13.0 Å². The van der Waals surface area contributed by atoms with Crippen LogP contribution in [0.1, 0.15) is 13.0 Å². The first kappa shape index (κ1) is 19.4. The van der Waals surface area contributed by atoms with Crippen LogP contribution in [-0.2, 0) is 11.8 Å². The minimum absolute atomic E-state index is 0.0518. The Hall–Kier alpha value is -3.88. The summed E-state index contributed by atoms with van der Waals surface area (Å²) < 4.78 is 29.9. The molecular formula is C21H17F2N5O2. The van der Waals surface area contributed by atoms with Crippen molar-refractivity contribution >= 4 is 22.4 Å². The van der Waals surface area contributed by atoms with Gasteiger partial charge in [-0.3, -0.25) is 14.3 Å². The Balaban J connectivity index is 1.57. The van der Waals surface area contributed by atoms with Gasteiger partial charge in [0.1, 0.15) is 6.04 Å².